The van der Waals surface area contributed by atoms with E-state index in [1.807, 2.05) is 35.2 Å². The molecule has 0 atom stereocenters. The van der Waals surface area contributed by atoms with Gasteiger partial charge in [0.15, 0.2) is 0 Å². The number of hydrogen-bond donors (Lipinski definition) is 1. The highest BCUT2D eigenvalue weighted by Crippen LogP contribution is 2.26. The molecule has 2 aromatic carbocycles. The predicted octanol–water partition coefficient (Wildman–Crippen LogP) is 4.21. The summed E-state index contributed by atoms with van der Waals surface area (Å²) >= 11 is 1.58. The van der Waals surface area contributed by atoms with Crippen LogP contribution in [0.2, 0.25) is 0 Å². The number of rotatable bonds is 4. The minimum Gasteiger partial charge on any atom is -0.337 e. The van der Waals surface area contributed by atoms with Crippen molar-refractivity contribution >= 4 is 38.9 Å². The van der Waals surface area contributed by atoms with Gasteiger partial charge in [0.2, 0.25) is 5.91 Å². The number of amides is 2. The molecular weight excluding hydrogens is 382 g/mol. The zero-order chi connectivity index (χ0) is 20.2. The Morgan fingerprint density at radius 3 is 2.55 bits per heavy atom. The Kier molecular flexibility index (Phi) is 5.92. The van der Waals surface area contributed by atoms with Crippen molar-refractivity contribution in [1.29, 1.82) is 0 Å². The molecule has 0 radical (unpaired) electrons. The van der Waals surface area contributed by atoms with E-state index in [0.29, 0.717) is 0 Å². The fourth-order valence-corrected chi connectivity index (χ4v) is 4.76. The second kappa shape index (κ2) is 8.76. The molecule has 4 rings (SSSR count). The van der Waals surface area contributed by atoms with Crippen molar-refractivity contribution in [2.75, 3.05) is 31.5 Å². The van der Waals surface area contributed by atoms with E-state index in [1.54, 1.807) is 11.3 Å². The number of carbonyl (C=O) groups is 2. The van der Waals surface area contributed by atoms with E-state index in [9.17, 15) is 9.59 Å². The molecule has 1 aromatic heterocycles. The molecule has 3 aromatic rings. The average Bonchev–Trinajstić information content (AvgIpc) is 3.01. The predicted molar refractivity (Wildman–Crippen MR) is 118 cm³/mol. The van der Waals surface area contributed by atoms with Crippen LogP contribution in [-0.4, -0.2) is 47.8 Å². The first-order valence-electron chi connectivity index (χ1n) is 9.95. The molecule has 1 N–H and O–H groups in total. The lowest BCUT2D eigenvalue weighted by atomic mass is 10.2. The van der Waals surface area contributed by atoms with E-state index >= 15 is 0 Å². The largest absolute Gasteiger partial charge is 0.337 e. The van der Waals surface area contributed by atoms with Crippen LogP contribution in [0, 0.1) is 0 Å². The van der Waals surface area contributed by atoms with E-state index in [0.717, 1.165) is 59.8 Å². The number of hydrogen-bond acceptors (Lipinski definition) is 4. The molecule has 6 heteroatoms. The molecule has 5 nitrogen and oxygen atoms in total. The third-order valence-electron chi connectivity index (χ3n) is 5.19. The number of anilines is 1. The number of carbonyl (C=O) groups excluding carboxylic acids is 2. The zero-order valence-electron chi connectivity index (χ0n) is 16.6. The van der Waals surface area contributed by atoms with Crippen molar-refractivity contribution in [1.82, 2.24) is 9.80 Å². The highest BCUT2D eigenvalue weighted by Gasteiger charge is 2.22. The third kappa shape index (κ3) is 4.83. The van der Waals surface area contributed by atoms with Crippen LogP contribution in [0.25, 0.3) is 10.1 Å². The molecule has 2 heterocycles. The van der Waals surface area contributed by atoms with Gasteiger partial charge in [0, 0.05) is 50.0 Å². The molecular formula is C23H25N3O2S. The molecule has 150 valence electrons. The summed E-state index contributed by atoms with van der Waals surface area (Å²) in [5, 5.41) is 3.93. The number of benzene rings is 2. The monoisotopic (exact) mass is 407 g/mol. The van der Waals surface area contributed by atoms with E-state index < -0.39 is 0 Å². The smallest absolute Gasteiger partial charge is 0.264 e. The van der Waals surface area contributed by atoms with Gasteiger partial charge in [0.1, 0.15) is 0 Å². The second-order valence-electron chi connectivity index (χ2n) is 7.45. The summed E-state index contributed by atoms with van der Waals surface area (Å²) in [6.07, 6.45) is 0.973. The van der Waals surface area contributed by atoms with Gasteiger partial charge in [-0.25, -0.2) is 0 Å². The Bertz CT molecular complexity index is 979. The average molecular weight is 408 g/mol. The summed E-state index contributed by atoms with van der Waals surface area (Å²) in [5.41, 5.74) is 2.03. The van der Waals surface area contributed by atoms with Gasteiger partial charge in [-0.2, -0.15) is 0 Å². The van der Waals surface area contributed by atoms with Gasteiger partial charge in [-0.05, 0) is 41.6 Å². The Hall–Kier alpha value is -2.70. The normalized spacial score (nSPS) is 15.3. The van der Waals surface area contributed by atoms with Crippen LogP contribution in [0.15, 0.2) is 54.6 Å². The quantitative estimate of drug-likeness (QED) is 0.705. The van der Waals surface area contributed by atoms with Gasteiger partial charge in [0.25, 0.3) is 5.91 Å². The Labute approximate surface area is 174 Å². The molecule has 0 unspecified atom stereocenters. The zero-order valence-corrected chi connectivity index (χ0v) is 17.4. The summed E-state index contributed by atoms with van der Waals surface area (Å²) < 4.78 is 1.16. The van der Waals surface area contributed by atoms with Gasteiger partial charge in [-0.3, -0.25) is 14.5 Å². The first-order valence-corrected chi connectivity index (χ1v) is 10.8. The van der Waals surface area contributed by atoms with Crippen molar-refractivity contribution in [3.8, 4) is 0 Å². The number of thiophene rings is 1. The lowest BCUT2D eigenvalue weighted by Crippen LogP contribution is -2.34. The van der Waals surface area contributed by atoms with Crippen molar-refractivity contribution in [3.63, 3.8) is 0 Å². The molecule has 0 spiro atoms. The van der Waals surface area contributed by atoms with Gasteiger partial charge in [-0.15, -0.1) is 11.3 Å². The van der Waals surface area contributed by atoms with Crippen LogP contribution in [-0.2, 0) is 11.3 Å². The maximum absolute atomic E-state index is 13.0. The fourth-order valence-electron chi connectivity index (χ4n) is 3.73. The van der Waals surface area contributed by atoms with E-state index in [2.05, 4.69) is 34.5 Å². The van der Waals surface area contributed by atoms with E-state index in [-0.39, 0.29) is 11.8 Å². The number of nitrogens with zero attached hydrogens (tertiary/aromatic N) is 2. The Morgan fingerprint density at radius 2 is 1.79 bits per heavy atom. The van der Waals surface area contributed by atoms with E-state index in [1.165, 1.54) is 12.5 Å². The van der Waals surface area contributed by atoms with Gasteiger partial charge >= 0.3 is 0 Å². The lowest BCUT2D eigenvalue weighted by molar-refractivity contribution is -0.114. The lowest BCUT2D eigenvalue weighted by Gasteiger charge is -2.21. The van der Waals surface area contributed by atoms with Gasteiger partial charge < -0.3 is 10.2 Å². The fraction of sp³-hybridized carbons (Fsp3) is 0.304. The summed E-state index contributed by atoms with van der Waals surface area (Å²) in [4.78, 5) is 29.3. The molecule has 29 heavy (non-hydrogen) atoms. The summed E-state index contributed by atoms with van der Waals surface area (Å²) in [7, 11) is 0. The van der Waals surface area contributed by atoms with Crippen LogP contribution in [0.4, 0.5) is 5.69 Å². The first-order chi connectivity index (χ1) is 14.1. The van der Waals surface area contributed by atoms with Gasteiger partial charge in [-0.1, -0.05) is 30.3 Å². The maximum atomic E-state index is 13.0. The van der Waals surface area contributed by atoms with Crippen LogP contribution >= 0.6 is 11.3 Å². The molecule has 2 amide bonds. The Balaban J connectivity index is 1.36. The van der Waals surface area contributed by atoms with Crippen molar-refractivity contribution < 1.29 is 9.59 Å². The highest BCUT2D eigenvalue weighted by atomic mass is 32.1. The standard InChI is InChI=1S/C23H25N3O2S/c1-17(27)24-20-9-7-18(8-10-20)16-25-11-4-12-26(14-13-25)23(28)22-15-19-5-2-3-6-21(19)29-22/h2-3,5-10,15H,4,11-14,16H2,1H3,(H,24,27). The molecule has 0 saturated carbocycles. The van der Waals surface area contributed by atoms with Crippen molar-refractivity contribution in [3.05, 3.63) is 65.0 Å². The number of nitrogens with one attached hydrogen (secondary N) is 1. The summed E-state index contributed by atoms with van der Waals surface area (Å²) in [5.74, 6) is 0.0846. The van der Waals surface area contributed by atoms with Crippen LogP contribution in [0.1, 0.15) is 28.6 Å². The van der Waals surface area contributed by atoms with E-state index in [4.69, 9.17) is 0 Å². The van der Waals surface area contributed by atoms with Crippen molar-refractivity contribution in [2.45, 2.75) is 19.9 Å². The minimum absolute atomic E-state index is 0.0614. The maximum Gasteiger partial charge on any atom is 0.264 e. The van der Waals surface area contributed by atoms with Crippen LogP contribution in [0.3, 0.4) is 0 Å². The molecule has 1 aliphatic heterocycles. The first kappa shape index (κ1) is 19.6. The SMILES string of the molecule is CC(=O)Nc1ccc(CN2CCCN(C(=O)c3cc4ccccc4s3)CC2)cc1. The van der Waals surface area contributed by atoms with Crippen molar-refractivity contribution in [2.24, 2.45) is 0 Å². The van der Waals surface area contributed by atoms with Crippen LogP contribution in [0.5, 0.6) is 0 Å². The molecule has 1 saturated heterocycles. The molecule has 0 bridgehead atoms. The molecule has 1 fully saturated rings. The minimum atomic E-state index is -0.0614. The summed E-state index contributed by atoms with van der Waals surface area (Å²) in [6, 6.07) is 18.1. The molecule has 0 aliphatic carbocycles. The highest BCUT2D eigenvalue weighted by molar-refractivity contribution is 7.20. The molecule has 1 aliphatic rings. The Morgan fingerprint density at radius 1 is 1.00 bits per heavy atom. The third-order valence-corrected chi connectivity index (χ3v) is 6.30. The topological polar surface area (TPSA) is 52.7 Å². The van der Waals surface area contributed by atoms with Gasteiger partial charge in [0.05, 0.1) is 4.88 Å². The second-order valence-corrected chi connectivity index (χ2v) is 8.53. The van der Waals surface area contributed by atoms with Crippen LogP contribution < -0.4 is 5.32 Å². The summed E-state index contributed by atoms with van der Waals surface area (Å²) in [6.45, 7) is 5.75. The number of fused-ring (bicyclic) bond motifs is 1.